The van der Waals surface area contributed by atoms with Gasteiger partial charge < -0.3 is 5.32 Å². The van der Waals surface area contributed by atoms with E-state index in [-0.39, 0.29) is 17.4 Å². The summed E-state index contributed by atoms with van der Waals surface area (Å²) in [5.41, 5.74) is 1.17. The molecule has 0 radical (unpaired) electrons. The summed E-state index contributed by atoms with van der Waals surface area (Å²) in [5.74, 6) is 0.0128. The summed E-state index contributed by atoms with van der Waals surface area (Å²) in [7, 11) is 0. The largest absolute Gasteiger partial charge is 0.349 e. The van der Waals surface area contributed by atoms with Gasteiger partial charge in [-0.15, -0.1) is 0 Å². The zero-order valence-electron chi connectivity index (χ0n) is 9.87. The Balaban J connectivity index is 2.97. The number of hydrogen-bond donors (Lipinski definition) is 1. The molecule has 0 saturated heterocycles. The highest BCUT2D eigenvalue weighted by Gasteiger charge is 2.26. The van der Waals surface area contributed by atoms with Crippen LogP contribution >= 0.6 is 0 Å². The lowest BCUT2D eigenvalue weighted by atomic mass is 9.82. The van der Waals surface area contributed by atoms with E-state index in [0.717, 1.165) is 5.56 Å². The summed E-state index contributed by atoms with van der Waals surface area (Å²) in [6.45, 7) is 7.93. The molecule has 0 spiro atoms. The van der Waals surface area contributed by atoms with Gasteiger partial charge in [-0.1, -0.05) is 51.1 Å². The molecule has 1 aromatic carbocycles. The van der Waals surface area contributed by atoms with Crippen molar-refractivity contribution in [1.29, 1.82) is 0 Å². The molecule has 0 bridgehead atoms. The van der Waals surface area contributed by atoms with Crippen molar-refractivity contribution in [1.82, 2.24) is 5.32 Å². The first-order valence-electron chi connectivity index (χ1n) is 5.23. The van der Waals surface area contributed by atoms with Gasteiger partial charge >= 0.3 is 0 Å². The van der Waals surface area contributed by atoms with Crippen LogP contribution in [0.1, 0.15) is 39.3 Å². The maximum atomic E-state index is 11.2. The maximum absolute atomic E-state index is 11.2. The van der Waals surface area contributed by atoms with Gasteiger partial charge in [0, 0.05) is 6.92 Å². The van der Waals surface area contributed by atoms with Gasteiger partial charge in [-0.25, -0.2) is 0 Å². The van der Waals surface area contributed by atoms with E-state index in [0.29, 0.717) is 0 Å². The minimum Gasteiger partial charge on any atom is -0.349 e. The lowest BCUT2D eigenvalue weighted by molar-refractivity contribution is -0.120. The van der Waals surface area contributed by atoms with Gasteiger partial charge in [0.25, 0.3) is 0 Å². The van der Waals surface area contributed by atoms with Gasteiger partial charge in [0.1, 0.15) is 0 Å². The smallest absolute Gasteiger partial charge is 0.217 e. The summed E-state index contributed by atoms with van der Waals surface area (Å²) >= 11 is 0. The van der Waals surface area contributed by atoms with Crippen LogP contribution in [0.2, 0.25) is 0 Å². The van der Waals surface area contributed by atoms with Gasteiger partial charge in [0.15, 0.2) is 0 Å². The highest BCUT2D eigenvalue weighted by Crippen LogP contribution is 2.32. The monoisotopic (exact) mass is 205 g/mol. The van der Waals surface area contributed by atoms with Crippen LogP contribution in [0.4, 0.5) is 0 Å². The van der Waals surface area contributed by atoms with Gasteiger partial charge in [-0.2, -0.15) is 0 Å². The molecule has 0 fully saturated rings. The van der Waals surface area contributed by atoms with Gasteiger partial charge in [0.05, 0.1) is 6.04 Å². The molecule has 0 saturated carbocycles. The standard InChI is InChI=1S/C13H19NO/c1-10(15)14-12(13(2,3)4)11-8-6-5-7-9-11/h5-9,12H,1-4H3,(H,14,15). The molecule has 0 aromatic heterocycles. The zero-order valence-corrected chi connectivity index (χ0v) is 9.87. The molecule has 1 unspecified atom stereocenters. The van der Waals surface area contributed by atoms with Crippen LogP contribution in [-0.4, -0.2) is 5.91 Å². The average molecular weight is 205 g/mol. The van der Waals surface area contributed by atoms with Gasteiger partial charge in [0.2, 0.25) is 5.91 Å². The number of nitrogens with one attached hydrogen (secondary N) is 1. The summed E-state index contributed by atoms with van der Waals surface area (Å²) in [5, 5.41) is 3.00. The third-order valence-corrected chi connectivity index (χ3v) is 2.35. The Hall–Kier alpha value is -1.31. The van der Waals surface area contributed by atoms with Crippen molar-refractivity contribution in [2.75, 3.05) is 0 Å². The van der Waals surface area contributed by atoms with E-state index in [9.17, 15) is 4.79 Å². The molecule has 0 aliphatic carbocycles. The van der Waals surface area contributed by atoms with E-state index in [1.54, 1.807) is 6.92 Å². The molecule has 1 atom stereocenters. The molecule has 1 rings (SSSR count). The molecule has 1 N–H and O–H groups in total. The van der Waals surface area contributed by atoms with Crippen molar-refractivity contribution in [2.45, 2.75) is 33.7 Å². The molecule has 0 heterocycles. The number of hydrogen-bond acceptors (Lipinski definition) is 1. The predicted octanol–water partition coefficient (Wildman–Crippen LogP) is 2.91. The van der Waals surface area contributed by atoms with Gasteiger partial charge in [-0.05, 0) is 11.0 Å². The average Bonchev–Trinajstić information content (AvgIpc) is 2.14. The Morgan fingerprint density at radius 1 is 1.20 bits per heavy atom. The fourth-order valence-corrected chi connectivity index (χ4v) is 1.65. The molecule has 0 aliphatic heterocycles. The molecule has 0 aliphatic rings. The second-order valence-electron chi connectivity index (χ2n) is 4.91. The number of carbonyl (C=O) groups excluding carboxylic acids is 1. The second kappa shape index (κ2) is 4.47. The van der Waals surface area contributed by atoms with E-state index in [4.69, 9.17) is 0 Å². The maximum Gasteiger partial charge on any atom is 0.217 e. The van der Waals surface area contributed by atoms with Crippen molar-refractivity contribution in [3.05, 3.63) is 35.9 Å². The number of amides is 1. The highest BCUT2D eigenvalue weighted by molar-refractivity contribution is 5.73. The number of rotatable bonds is 2. The predicted molar refractivity (Wildman–Crippen MR) is 62.5 cm³/mol. The lowest BCUT2D eigenvalue weighted by Gasteiger charge is -2.31. The van der Waals surface area contributed by atoms with Crippen LogP contribution in [0.15, 0.2) is 30.3 Å². The van der Waals surface area contributed by atoms with Crippen molar-refractivity contribution in [3.63, 3.8) is 0 Å². The minimum absolute atomic E-state index is 0.0128. The fraction of sp³-hybridized carbons (Fsp3) is 0.462. The Bertz CT molecular complexity index is 324. The molecule has 1 amide bonds. The Labute approximate surface area is 91.7 Å². The third-order valence-electron chi connectivity index (χ3n) is 2.35. The summed E-state index contributed by atoms with van der Waals surface area (Å²) in [4.78, 5) is 11.2. The minimum atomic E-state index is 0.0128. The topological polar surface area (TPSA) is 29.1 Å². The second-order valence-corrected chi connectivity index (χ2v) is 4.91. The summed E-state index contributed by atoms with van der Waals surface area (Å²) in [6.07, 6.45) is 0. The van der Waals surface area contributed by atoms with E-state index >= 15 is 0 Å². The molecule has 82 valence electrons. The molecule has 1 aromatic rings. The van der Waals surface area contributed by atoms with E-state index in [2.05, 4.69) is 26.1 Å². The van der Waals surface area contributed by atoms with Crippen molar-refractivity contribution in [2.24, 2.45) is 5.41 Å². The van der Waals surface area contributed by atoms with Crippen LogP contribution in [0.3, 0.4) is 0 Å². The van der Waals surface area contributed by atoms with Crippen molar-refractivity contribution < 1.29 is 4.79 Å². The quantitative estimate of drug-likeness (QED) is 0.790. The van der Waals surface area contributed by atoms with E-state index in [1.807, 2.05) is 30.3 Å². The van der Waals surface area contributed by atoms with Crippen LogP contribution in [0.25, 0.3) is 0 Å². The molecular formula is C13H19NO. The van der Waals surface area contributed by atoms with Crippen molar-refractivity contribution >= 4 is 5.91 Å². The molecule has 2 heteroatoms. The Kier molecular flexibility index (Phi) is 3.51. The van der Waals surface area contributed by atoms with Gasteiger partial charge in [-0.3, -0.25) is 4.79 Å². The Morgan fingerprint density at radius 2 is 1.73 bits per heavy atom. The van der Waals surface area contributed by atoms with E-state index < -0.39 is 0 Å². The summed E-state index contributed by atoms with van der Waals surface area (Å²) < 4.78 is 0. The molecule has 2 nitrogen and oxygen atoms in total. The number of carbonyl (C=O) groups is 1. The molecular weight excluding hydrogens is 186 g/mol. The van der Waals surface area contributed by atoms with E-state index in [1.165, 1.54) is 0 Å². The Morgan fingerprint density at radius 3 is 2.13 bits per heavy atom. The first kappa shape index (κ1) is 11.8. The summed E-state index contributed by atoms with van der Waals surface area (Å²) in [6, 6.07) is 10.1. The SMILES string of the molecule is CC(=O)NC(c1ccccc1)C(C)(C)C. The first-order chi connectivity index (χ1) is 6.91. The van der Waals surface area contributed by atoms with Crippen LogP contribution in [0.5, 0.6) is 0 Å². The highest BCUT2D eigenvalue weighted by atomic mass is 16.1. The lowest BCUT2D eigenvalue weighted by Crippen LogP contribution is -2.35. The zero-order chi connectivity index (χ0) is 11.5. The fourth-order valence-electron chi connectivity index (χ4n) is 1.65. The normalized spacial score (nSPS) is 13.3. The van der Waals surface area contributed by atoms with Crippen molar-refractivity contribution in [3.8, 4) is 0 Å². The number of benzene rings is 1. The first-order valence-corrected chi connectivity index (χ1v) is 5.23. The van der Waals surface area contributed by atoms with Crippen LogP contribution in [-0.2, 0) is 4.79 Å². The third kappa shape index (κ3) is 3.39. The molecule has 15 heavy (non-hydrogen) atoms. The van der Waals surface area contributed by atoms with Crippen LogP contribution in [0, 0.1) is 5.41 Å². The van der Waals surface area contributed by atoms with Crippen LogP contribution < -0.4 is 5.32 Å².